The van der Waals surface area contributed by atoms with Crippen molar-refractivity contribution in [2.24, 2.45) is 0 Å². The highest BCUT2D eigenvalue weighted by molar-refractivity contribution is 5.95. The fourth-order valence-electron chi connectivity index (χ4n) is 2.97. The number of Topliss-reactive ketones (excluding diaryl/α,β-unsaturated/α-hetero) is 1. The van der Waals surface area contributed by atoms with Crippen molar-refractivity contribution in [3.8, 4) is 0 Å². The van der Waals surface area contributed by atoms with Crippen LogP contribution in [0.5, 0.6) is 0 Å². The molecule has 0 heterocycles. The van der Waals surface area contributed by atoms with Gasteiger partial charge in [-0.2, -0.15) is 0 Å². The van der Waals surface area contributed by atoms with Crippen LogP contribution in [-0.2, 0) is 0 Å². The Morgan fingerprint density at radius 1 is 1.20 bits per heavy atom. The van der Waals surface area contributed by atoms with Gasteiger partial charge in [0.25, 0.3) is 0 Å². The van der Waals surface area contributed by atoms with E-state index >= 15 is 0 Å². The van der Waals surface area contributed by atoms with Gasteiger partial charge in [0, 0.05) is 18.0 Å². The van der Waals surface area contributed by atoms with Gasteiger partial charge in [0.2, 0.25) is 0 Å². The SMILES string of the molecule is CN(CCCC(=O)c1ccc(F)cc1)C1CCCCC1. The fraction of sp³-hybridized carbons (Fsp3) is 0.588. The van der Waals surface area contributed by atoms with Crippen molar-refractivity contribution in [2.75, 3.05) is 13.6 Å². The molecule has 110 valence electrons. The quantitative estimate of drug-likeness (QED) is 0.731. The maximum absolute atomic E-state index is 12.8. The molecule has 20 heavy (non-hydrogen) atoms. The predicted octanol–water partition coefficient (Wildman–Crippen LogP) is 4.05. The number of benzene rings is 1. The van der Waals surface area contributed by atoms with Gasteiger partial charge in [0.1, 0.15) is 5.82 Å². The second-order valence-corrected chi connectivity index (χ2v) is 5.81. The molecule has 2 rings (SSSR count). The smallest absolute Gasteiger partial charge is 0.162 e. The first-order valence-corrected chi connectivity index (χ1v) is 7.66. The Balaban J connectivity index is 1.72. The van der Waals surface area contributed by atoms with Gasteiger partial charge in [-0.25, -0.2) is 4.39 Å². The van der Waals surface area contributed by atoms with Gasteiger partial charge < -0.3 is 4.90 Å². The lowest BCUT2D eigenvalue weighted by molar-refractivity contribution is 0.0971. The van der Waals surface area contributed by atoms with Crippen LogP contribution in [0.1, 0.15) is 55.3 Å². The van der Waals surface area contributed by atoms with Crippen LogP contribution in [0.15, 0.2) is 24.3 Å². The summed E-state index contributed by atoms with van der Waals surface area (Å²) in [6, 6.07) is 6.54. The Bertz CT molecular complexity index is 423. The van der Waals surface area contributed by atoms with Gasteiger partial charge in [-0.05, 0) is 57.1 Å². The molecule has 0 atom stereocenters. The number of carbonyl (C=O) groups excluding carboxylic acids is 1. The van der Waals surface area contributed by atoms with Gasteiger partial charge in [-0.3, -0.25) is 4.79 Å². The normalized spacial score (nSPS) is 16.6. The van der Waals surface area contributed by atoms with E-state index in [4.69, 9.17) is 0 Å². The molecule has 0 radical (unpaired) electrons. The number of rotatable bonds is 6. The summed E-state index contributed by atoms with van der Waals surface area (Å²) in [5.74, 6) is -0.180. The van der Waals surface area contributed by atoms with Crippen molar-refractivity contribution < 1.29 is 9.18 Å². The molecule has 2 nitrogen and oxygen atoms in total. The van der Waals surface area contributed by atoms with Crippen LogP contribution in [0.3, 0.4) is 0 Å². The molecule has 1 aliphatic rings. The molecule has 1 saturated carbocycles. The minimum absolute atomic E-state index is 0.113. The Morgan fingerprint density at radius 2 is 1.85 bits per heavy atom. The molecule has 0 bridgehead atoms. The van der Waals surface area contributed by atoms with Crippen molar-refractivity contribution in [1.82, 2.24) is 4.90 Å². The van der Waals surface area contributed by atoms with E-state index < -0.39 is 0 Å². The van der Waals surface area contributed by atoms with E-state index in [1.54, 1.807) is 12.1 Å². The highest BCUT2D eigenvalue weighted by Gasteiger charge is 2.17. The summed E-state index contributed by atoms with van der Waals surface area (Å²) in [5, 5.41) is 0. The molecule has 0 aromatic heterocycles. The van der Waals surface area contributed by atoms with E-state index in [9.17, 15) is 9.18 Å². The number of carbonyl (C=O) groups is 1. The van der Waals surface area contributed by atoms with E-state index in [2.05, 4.69) is 11.9 Å². The first kappa shape index (κ1) is 15.2. The van der Waals surface area contributed by atoms with Crippen LogP contribution < -0.4 is 0 Å². The Kier molecular flexibility index (Phi) is 5.72. The molecule has 0 spiro atoms. The molecule has 1 aliphatic carbocycles. The molecule has 1 aromatic rings. The average molecular weight is 277 g/mol. The highest BCUT2D eigenvalue weighted by atomic mass is 19.1. The van der Waals surface area contributed by atoms with Gasteiger partial charge in [0.15, 0.2) is 5.78 Å². The van der Waals surface area contributed by atoms with E-state index in [-0.39, 0.29) is 11.6 Å². The Labute approximate surface area is 121 Å². The maximum Gasteiger partial charge on any atom is 0.162 e. The van der Waals surface area contributed by atoms with Crippen LogP contribution in [0.25, 0.3) is 0 Å². The molecule has 3 heteroatoms. The Morgan fingerprint density at radius 3 is 2.50 bits per heavy atom. The van der Waals surface area contributed by atoms with E-state index in [0.717, 1.165) is 13.0 Å². The first-order valence-electron chi connectivity index (χ1n) is 7.66. The summed E-state index contributed by atoms with van der Waals surface area (Å²) in [4.78, 5) is 14.4. The van der Waals surface area contributed by atoms with E-state index in [1.807, 2.05) is 0 Å². The second kappa shape index (κ2) is 7.53. The zero-order chi connectivity index (χ0) is 14.4. The molecule has 0 amide bonds. The molecule has 0 aliphatic heterocycles. The lowest BCUT2D eigenvalue weighted by Crippen LogP contribution is -2.34. The van der Waals surface area contributed by atoms with E-state index in [1.165, 1.54) is 44.2 Å². The minimum Gasteiger partial charge on any atom is -0.303 e. The summed E-state index contributed by atoms with van der Waals surface area (Å²) < 4.78 is 12.8. The van der Waals surface area contributed by atoms with Crippen molar-refractivity contribution in [2.45, 2.75) is 51.0 Å². The molecule has 0 N–H and O–H groups in total. The molecule has 0 saturated heterocycles. The standard InChI is InChI=1S/C17H24FNO/c1-19(16-6-3-2-4-7-16)13-5-8-17(20)14-9-11-15(18)12-10-14/h9-12,16H,2-8,13H2,1H3. The predicted molar refractivity (Wildman–Crippen MR) is 79.5 cm³/mol. The van der Waals surface area contributed by atoms with Crippen molar-refractivity contribution >= 4 is 5.78 Å². The second-order valence-electron chi connectivity index (χ2n) is 5.81. The number of hydrogen-bond donors (Lipinski definition) is 0. The maximum atomic E-state index is 12.8. The van der Waals surface area contributed by atoms with Gasteiger partial charge in [-0.15, -0.1) is 0 Å². The fourth-order valence-corrected chi connectivity index (χ4v) is 2.97. The lowest BCUT2D eigenvalue weighted by atomic mass is 9.94. The Hall–Kier alpha value is -1.22. The molecule has 0 unspecified atom stereocenters. The summed E-state index contributed by atoms with van der Waals surface area (Å²) in [6.07, 6.45) is 8.05. The monoisotopic (exact) mass is 277 g/mol. The van der Waals surface area contributed by atoms with Crippen LogP contribution in [-0.4, -0.2) is 30.3 Å². The van der Waals surface area contributed by atoms with Crippen LogP contribution in [0, 0.1) is 5.82 Å². The summed E-state index contributed by atoms with van der Waals surface area (Å²) in [6.45, 7) is 0.970. The molecule has 1 aromatic carbocycles. The zero-order valence-corrected chi connectivity index (χ0v) is 12.3. The number of ketones is 1. The van der Waals surface area contributed by atoms with Gasteiger partial charge >= 0.3 is 0 Å². The van der Waals surface area contributed by atoms with Crippen LogP contribution in [0.4, 0.5) is 4.39 Å². The average Bonchev–Trinajstić information content (AvgIpc) is 2.48. The van der Waals surface area contributed by atoms with Crippen molar-refractivity contribution in [1.29, 1.82) is 0 Å². The summed E-state index contributed by atoms with van der Waals surface area (Å²) in [7, 11) is 2.17. The molecular formula is C17H24FNO. The van der Waals surface area contributed by atoms with Gasteiger partial charge in [0.05, 0.1) is 0 Å². The van der Waals surface area contributed by atoms with Crippen molar-refractivity contribution in [3.05, 3.63) is 35.6 Å². The largest absolute Gasteiger partial charge is 0.303 e. The zero-order valence-electron chi connectivity index (χ0n) is 12.3. The highest BCUT2D eigenvalue weighted by Crippen LogP contribution is 2.21. The molecule has 1 fully saturated rings. The van der Waals surface area contributed by atoms with Crippen LogP contribution >= 0.6 is 0 Å². The lowest BCUT2D eigenvalue weighted by Gasteiger charge is -2.31. The van der Waals surface area contributed by atoms with E-state index in [0.29, 0.717) is 18.0 Å². The third-order valence-corrected chi connectivity index (χ3v) is 4.28. The van der Waals surface area contributed by atoms with Crippen LogP contribution in [0.2, 0.25) is 0 Å². The summed E-state index contributed by atoms with van der Waals surface area (Å²) in [5.41, 5.74) is 0.617. The first-order chi connectivity index (χ1) is 9.66. The third-order valence-electron chi connectivity index (χ3n) is 4.28. The topological polar surface area (TPSA) is 20.3 Å². The summed E-state index contributed by atoms with van der Waals surface area (Å²) >= 11 is 0. The minimum atomic E-state index is -0.293. The third kappa shape index (κ3) is 4.41. The number of hydrogen-bond acceptors (Lipinski definition) is 2. The number of nitrogens with zero attached hydrogens (tertiary/aromatic N) is 1. The number of halogens is 1. The van der Waals surface area contributed by atoms with Crippen molar-refractivity contribution in [3.63, 3.8) is 0 Å². The molecular weight excluding hydrogens is 253 g/mol. The van der Waals surface area contributed by atoms with Gasteiger partial charge in [-0.1, -0.05) is 19.3 Å².